The second kappa shape index (κ2) is 4.75. The quantitative estimate of drug-likeness (QED) is 0.824. The summed E-state index contributed by atoms with van der Waals surface area (Å²) in [7, 11) is 0. The van der Waals surface area contributed by atoms with Gasteiger partial charge in [-0.15, -0.1) is 0 Å². The van der Waals surface area contributed by atoms with Crippen molar-refractivity contribution in [1.29, 1.82) is 0 Å². The van der Waals surface area contributed by atoms with Crippen molar-refractivity contribution in [1.82, 2.24) is 9.97 Å². The molecule has 1 N–H and O–H groups in total. The summed E-state index contributed by atoms with van der Waals surface area (Å²) in [6, 6.07) is 6.50. The number of halogens is 1. The predicted octanol–water partition coefficient (Wildman–Crippen LogP) is 3.49. The molecule has 0 atom stereocenters. The van der Waals surface area contributed by atoms with Gasteiger partial charge in [0, 0.05) is 17.7 Å². The van der Waals surface area contributed by atoms with Gasteiger partial charge in [0.15, 0.2) is 0 Å². The summed E-state index contributed by atoms with van der Waals surface area (Å²) in [5, 5.41) is 0. The van der Waals surface area contributed by atoms with Crippen LogP contribution in [0.3, 0.4) is 0 Å². The van der Waals surface area contributed by atoms with Crippen LogP contribution in [0.1, 0.15) is 22.6 Å². The van der Waals surface area contributed by atoms with Gasteiger partial charge in [-0.3, -0.25) is 0 Å². The molecule has 0 aliphatic carbocycles. The number of benzene rings is 1. The van der Waals surface area contributed by atoms with Crippen LogP contribution in [0.2, 0.25) is 0 Å². The molecule has 1 aromatic heterocycles. The Hall–Kier alpha value is -1.55. The molecular formula is C13H13FN2S. The van der Waals surface area contributed by atoms with Crippen LogP contribution in [0.4, 0.5) is 4.39 Å². The summed E-state index contributed by atoms with van der Waals surface area (Å²) in [5.41, 5.74) is 2.88. The topological polar surface area (TPSA) is 28.7 Å². The molecule has 0 aliphatic rings. The summed E-state index contributed by atoms with van der Waals surface area (Å²) in [6.07, 6.45) is 0.558. The van der Waals surface area contributed by atoms with Gasteiger partial charge in [0.05, 0.1) is 0 Å². The number of aromatic nitrogens is 2. The lowest BCUT2D eigenvalue weighted by Gasteiger charge is -2.06. The van der Waals surface area contributed by atoms with E-state index in [4.69, 9.17) is 12.2 Å². The molecule has 88 valence electrons. The van der Waals surface area contributed by atoms with Crippen molar-refractivity contribution in [2.24, 2.45) is 0 Å². The Kier molecular flexibility index (Phi) is 3.33. The Balaban J connectivity index is 2.34. The van der Waals surface area contributed by atoms with Crippen LogP contribution < -0.4 is 0 Å². The Morgan fingerprint density at radius 1 is 1.35 bits per heavy atom. The third kappa shape index (κ3) is 2.77. The summed E-state index contributed by atoms with van der Waals surface area (Å²) in [6.45, 7) is 3.90. The lowest BCUT2D eigenvalue weighted by Crippen LogP contribution is -2.01. The highest BCUT2D eigenvalue weighted by molar-refractivity contribution is 7.71. The van der Waals surface area contributed by atoms with Gasteiger partial charge in [-0.25, -0.2) is 9.37 Å². The molecule has 2 aromatic rings. The molecule has 2 rings (SSSR count). The summed E-state index contributed by atoms with van der Waals surface area (Å²) in [5.74, 6) is 0.536. The van der Waals surface area contributed by atoms with E-state index in [-0.39, 0.29) is 5.82 Å². The number of hydrogen-bond acceptors (Lipinski definition) is 2. The zero-order valence-electron chi connectivity index (χ0n) is 9.75. The molecule has 1 heterocycles. The van der Waals surface area contributed by atoms with E-state index in [1.807, 2.05) is 19.9 Å². The molecule has 0 aliphatic heterocycles. The van der Waals surface area contributed by atoms with Crippen LogP contribution in [0, 0.1) is 24.3 Å². The third-order valence-electron chi connectivity index (χ3n) is 2.71. The molecule has 0 bridgehead atoms. The normalized spacial score (nSPS) is 10.5. The number of rotatable bonds is 2. The van der Waals surface area contributed by atoms with Gasteiger partial charge in [0.25, 0.3) is 0 Å². The van der Waals surface area contributed by atoms with E-state index in [9.17, 15) is 4.39 Å². The molecule has 0 saturated heterocycles. The Morgan fingerprint density at radius 3 is 2.76 bits per heavy atom. The highest BCUT2D eigenvalue weighted by Crippen LogP contribution is 2.10. The number of nitrogens with zero attached hydrogens (tertiary/aromatic N) is 1. The molecule has 0 saturated carbocycles. The highest BCUT2D eigenvalue weighted by atomic mass is 32.1. The fourth-order valence-electron chi connectivity index (χ4n) is 1.63. The number of hydrogen-bond donors (Lipinski definition) is 1. The van der Waals surface area contributed by atoms with Crippen molar-refractivity contribution in [3.8, 4) is 0 Å². The van der Waals surface area contributed by atoms with Crippen LogP contribution in [-0.4, -0.2) is 9.97 Å². The Morgan fingerprint density at radius 2 is 2.12 bits per heavy atom. The third-order valence-corrected chi connectivity index (χ3v) is 3.11. The van der Waals surface area contributed by atoms with Crippen LogP contribution in [0.5, 0.6) is 0 Å². The second-order valence-electron chi connectivity index (χ2n) is 4.05. The van der Waals surface area contributed by atoms with Crippen molar-refractivity contribution >= 4 is 12.2 Å². The van der Waals surface area contributed by atoms with Crippen LogP contribution in [0.25, 0.3) is 0 Å². The number of nitrogens with one attached hydrogen (secondary N) is 1. The lowest BCUT2D eigenvalue weighted by atomic mass is 10.1. The molecule has 2 nitrogen and oxygen atoms in total. The number of aryl methyl sites for hydroxylation is 1. The maximum Gasteiger partial charge on any atom is 0.132 e. The van der Waals surface area contributed by atoms with Gasteiger partial charge in [-0.2, -0.15) is 0 Å². The van der Waals surface area contributed by atoms with E-state index < -0.39 is 0 Å². The smallest absolute Gasteiger partial charge is 0.132 e. The molecule has 0 radical (unpaired) electrons. The minimum Gasteiger partial charge on any atom is -0.347 e. The first-order valence-corrected chi connectivity index (χ1v) is 5.78. The first-order valence-electron chi connectivity index (χ1n) is 5.37. The van der Waals surface area contributed by atoms with E-state index in [2.05, 4.69) is 9.97 Å². The van der Waals surface area contributed by atoms with Gasteiger partial charge < -0.3 is 4.98 Å². The summed E-state index contributed by atoms with van der Waals surface area (Å²) >= 11 is 5.17. The monoisotopic (exact) mass is 248 g/mol. The van der Waals surface area contributed by atoms with Crippen molar-refractivity contribution in [3.05, 3.63) is 57.4 Å². The predicted molar refractivity (Wildman–Crippen MR) is 68.1 cm³/mol. The zero-order valence-corrected chi connectivity index (χ0v) is 10.6. The molecule has 17 heavy (non-hydrogen) atoms. The fourth-order valence-corrected chi connectivity index (χ4v) is 1.89. The van der Waals surface area contributed by atoms with E-state index in [1.165, 1.54) is 12.1 Å². The maximum atomic E-state index is 13.0. The molecule has 0 spiro atoms. The maximum absolute atomic E-state index is 13.0. The van der Waals surface area contributed by atoms with Crippen LogP contribution >= 0.6 is 12.2 Å². The van der Waals surface area contributed by atoms with E-state index in [0.29, 0.717) is 11.1 Å². The fraction of sp³-hybridized carbons (Fsp3) is 0.231. The Labute approximate surface area is 105 Å². The van der Waals surface area contributed by atoms with Crippen molar-refractivity contribution in [3.63, 3.8) is 0 Å². The van der Waals surface area contributed by atoms with Crippen molar-refractivity contribution < 1.29 is 4.39 Å². The van der Waals surface area contributed by atoms with Crippen molar-refractivity contribution in [2.75, 3.05) is 0 Å². The number of aromatic amines is 1. The minimum atomic E-state index is -0.232. The molecule has 4 heteroatoms. The first-order chi connectivity index (χ1) is 8.06. The lowest BCUT2D eigenvalue weighted by molar-refractivity contribution is 0.625. The molecule has 0 unspecified atom stereocenters. The average molecular weight is 248 g/mol. The largest absolute Gasteiger partial charge is 0.347 e. The molecule has 0 fully saturated rings. The summed E-state index contributed by atoms with van der Waals surface area (Å²) < 4.78 is 13.6. The standard InChI is InChI=1S/C13H13FN2S/c1-8-9(2)15-12(16-13(8)17)7-10-4-3-5-11(14)6-10/h3-6H,7H2,1-2H3,(H,15,16,17). The van der Waals surface area contributed by atoms with E-state index >= 15 is 0 Å². The van der Waals surface area contributed by atoms with Gasteiger partial charge >= 0.3 is 0 Å². The van der Waals surface area contributed by atoms with Crippen LogP contribution in [-0.2, 0) is 6.42 Å². The van der Waals surface area contributed by atoms with Gasteiger partial charge in [-0.05, 0) is 31.5 Å². The van der Waals surface area contributed by atoms with E-state index in [0.717, 1.165) is 22.6 Å². The van der Waals surface area contributed by atoms with E-state index in [1.54, 1.807) is 6.07 Å². The van der Waals surface area contributed by atoms with Gasteiger partial charge in [0.2, 0.25) is 0 Å². The van der Waals surface area contributed by atoms with Gasteiger partial charge in [0.1, 0.15) is 16.3 Å². The SMILES string of the molecule is Cc1[nH]c(Cc2cccc(F)c2)nc(=S)c1C. The molecule has 1 aromatic carbocycles. The molecular weight excluding hydrogens is 235 g/mol. The highest BCUT2D eigenvalue weighted by Gasteiger charge is 2.03. The number of H-pyrrole nitrogens is 1. The minimum absolute atomic E-state index is 0.232. The van der Waals surface area contributed by atoms with Gasteiger partial charge in [-0.1, -0.05) is 24.4 Å². The van der Waals surface area contributed by atoms with Crippen LogP contribution in [0.15, 0.2) is 24.3 Å². The zero-order chi connectivity index (χ0) is 12.4. The van der Waals surface area contributed by atoms with Crippen molar-refractivity contribution in [2.45, 2.75) is 20.3 Å². The molecule has 0 amide bonds. The Bertz CT molecular complexity index is 605. The summed E-state index contributed by atoms with van der Waals surface area (Å²) in [4.78, 5) is 7.48. The second-order valence-corrected chi connectivity index (χ2v) is 4.43. The average Bonchev–Trinajstić information content (AvgIpc) is 2.26. The first kappa shape index (κ1) is 11.9.